The smallest absolute Gasteiger partial charge is 0.275 e. The quantitative estimate of drug-likeness (QED) is 0.647. The molecule has 0 atom stereocenters. The van der Waals surface area contributed by atoms with Gasteiger partial charge >= 0.3 is 0 Å². The Morgan fingerprint density at radius 3 is 2.21 bits per heavy atom. The zero-order valence-corrected chi connectivity index (χ0v) is 14.1. The van der Waals surface area contributed by atoms with Crippen molar-refractivity contribution >= 4 is 34.8 Å². The maximum atomic E-state index is 12.2. The predicted molar refractivity (Wildman–Crippen MR) is 94.9 cm³/mol. The number of carbonyl (C=O) groups is 2. The summed E-state index contributed by atoms with van der Waals surface area (Å²) < 4.78 is 5.12. The summed E-state index contributed by atoms with van der Waals surface area (Å²) in [5, 5.41) is 5.39. The molecule has 3 rings (SSSR count). The third kappa shape index (κ3) is 3.14. The fourth-order valence-electron chi connectivity index (χ4n) is 2.43. The molecule has 0 radical (unpaired) electrons. The molecule has 0 aromatic heterocycles. The highest BCUT2D eigenvalue weighted by Gasteiger charge is 2.31. The van der Waals surface area contributed by atoms with Crippen LogP contribution < -0.4 is 15.4 Å². The van der Waals surface area contributed by atoms with Crippen molar-refractivity contribution in [3.63, 3.8) is 0 Å². The summed E-state index contributed by atoms with van der Waals surface area (Å²) in [5.41, 5.74) is 1.99. The Balaban J connectivity index is 1.97. The molecule has 2 amide bonds. The summed E-state index contributed by atoms with van der Waals surface area (Å²) in [5.74, 6) is -0.153. The molecule has 1 heterocycles. The monoisotopic (exact) mass is 340 g/mol. The van der Waals surface area contributed by atoms with E-state index >= 15 is 0 Å². The Kier molecular flexibility index (Phi) is 4.57. The molecule has 0 spiro atoms. The molecule has 0 unspecified atom stereocenters. The van der Waals surface area contributed by atoms with Gasteiger partial charge in [0.1, 0.15) is 11.4 Å². The van der Waals surface area contributed by atoms with Gasteiger partial charge in [-0.15, -0.1) is 11.8 Å². The molecule has 0 bridgehead atoms. The predicted octanol–water partition coefficient (Wildman–Crippen LogP) is 2.90. The van der Waals surface area contributed by atoms with Crippen molar-refractivity contribution in [2.75, 3.05) is 18.7 Å². The maximum absolute atomic E-state index is 12.2. The van der Waals surface area contributed by atoms with Crippen molar-refractivity contribution < 1.29 is 14.3 Å². The third-order valence-electron chi connectivity index (χ3n) is 3.67. The van der Waals surface area contributed by atoms with Crippen LogP contribution in [0.15, 0.2) is 59.1 Å². The van der Waals surface area contributed by atoms with Crippen LogP contribution in [0, 0.1) is 0 Å². The minimum Gasteiger partial charge on any atom is -0.497 e. The molecule has 1 aliphatic rings. The zero-order valence-electron chi connectivity index (χ0n) is 13.3. The first-order valence-corrected chi connectivity index (χ1v) is 8.50. The minimum absolute atomic E-state index is 0.252. The molecule has 0 saturated carbocycles. The molecule has 6 heteroatoms. The Labute approximate surface area is 144 Å². The fraction of sp³-hybridized carbons (Fsp3) is 0.111. The maximum Gasteiger partial charge on any atom is 0.275 e. The van der Waals surface area contributed by atoms with Crippen molar-refractivity contribution in [3.8, 4) is 5.75 Å². The zero-order chi connectivity index (χ0) is 17.1. The Morgan fingerprint density at radius 2 is 1.62 bits per heavy atom. The molecule has 24 heavy (non-hydrogen) atoms. The van der Waals surface area contributed by atoms with E-state index in [2.05, 4.69) is 10.6 Å². The number of rotatable bonds is 5. The highest BCUT2D eigenvalue weighted by atomic mass is 32.2. The van der Waals surface area contributed by atoms with Crippen molar-refractivity contribution in [1.29, 1.82) is 0 Å². The van der Waals surface area contributed by atoms with E-state index in [0.29, 0.717) is 16.9 Å². The van der Waals surface area contributed by atoms with Crippen molar-refractivity contribution in [2.45, 2.75) is 4.90 Å². The van der Waals surface area contributed by atoms with Gasteiger partial charge in [0, 0.05) is 10.6 Å². The molecule has 122 valence electrons. The topological polar surface area (TPSA) is 67.4 Å². The van der Waals surface area contributed by atoms with Gasteiger partial charge in [-0.2, -0.15) is 0 Å². The summed E-state index contributed by atoms with van der Waals surface area (Å²) in [7, 11) is 1.57. The van der Waals surface area contributed by atoms with Crippen LogP contribution in [0.1, 0.15) is 5.56 Å². The van der Waals surface area contributed by atoms with Crippen LogP contribution in [-0.4, -0.2) is 25.2 Å². The normalized spacial score (nSPS) is 13.9. The Bertz CT molecular complexity index is 811. The van der Waals surface area contributed by atoms with E-state index < -0.39 is 11.8 Å². The SMILES string of the molecule is COc1ccc(C2=C(Nc3ccc(SC)cc3)C(=O)NC2=O)cc1. The molecular formula is C18H16N2O3S. The highest BCUT2D eigenvalue weighted by Crippen LogP contribution is 2.27. The first-order valence-electron chi connectivity index (χ1n) is 7.28. The van der Waals surface area contributed by atoms with Crippen molar-refractivity contribution in [2.24, 2.45) is 0 Å². The van der Waals surface area contributed by atoms with Crippen LogP contribution in [0.2, 0.25) is 0 Å². The van der Waals surface area contributed by atoms with E-state index in [1.54, 1.807) is 43.1 Å². The average Bonchev–Trinajstić information content (AvgIpc) is 2.89. The molecule has 0 saturated heterocycles. The molecule has 2 N–H and O–H groups in total. The van der Waals surface area contributed by atoms with Gasteiger partial charge in [0.15, 0.2) is 0 Å². The second kappa shape index (κ2) is 6.80. The summed E-state index contributed by atoms with van der Waals surface area (Å²) in [6, 6.07) is 14.7. The van der Waals surface area contributed by atoms with Crippen LogP contribution in [0.3, 0.4) is 0 Å². The van der Waals surface area contributed by atoms with Crippen molar-refractivity contribution in [1.82, 2.24) is 5.32 Å². The summed E-state index contributed by atoms with van der Waals surface area (Å²) in [6.07, 6.45) is 2.00. The van der Waals surface area contributed by atoms with E-state index in [1.165, 1.54) is 0 Å². The van der Waals surface area contributed by atoms with E-state index in [4.69, 9.17) is 4.74 Å². The largest absolute Gasteiger partial charge is 0.497 e. The van der Waals surface area contributed by atoms with Crippen LogP contribution >= 0.6 is 11.8 Å². The lowest BCUT2D eigenvalue weighted by molar-refractivity contribution is -0.123. The second-order valence-corrected chi connectivity index (χ2v) is 5.99. The van der Waals surface area contributed by atoms with E-state index in [-0.39, 0.29) is 5.70 Å². The first kappa shape index (κ1) is 16.1. The Hall–Kier alpha value is -2.73. The number of imide groups is 1. The van der Waals surface area contributed by atoms with Gasteiger partial charge < -0.3 is 10.1 Å². The molecule has 2 aromatic rings. The fourth-order valence-corrected chi connectivity index (χ4v) is 2.83. The number of thioether (sulfide) groups is 1. The lowest BCUT2D eigenvalue weighted by atomic mass is 10.0. The molecule has 0 fully saturated rings. The lowest BCUT2D eigenvalue weighted by Crippen LogP contribution is -2.24. The first-order chi connectivity index (χ1) is 11.6. The number of carbonyl (C=O) groups excluding carboxylic acids is 2. The van der Waals surface area contributed by atoms with Gasteiger partial charge in [0.2, 0.25) is 0 Å². The summed E-state index contributed by atoms with van der Waals surface area (Å²) >= 11 is 1.64. The number of hydrogen-bond acceptors (Lipinski definition) is 5. The molecular weight excluding hydrogens is 324 g/mol. The van der Waals surface area contributed by atoms with Crippen LogP contribution in [0.4, 0.5) is 5.69 Å². The van der Waals surface area contributed by atoms with Crippen LogP contribution in [0.5, 0.6) is 5.75 Å². The number of ether oxygens (including phenoxy) is 1. The van der Waals surface area contributed by atoms with E-state index in [9.17, 15) is 9.59 Å². The van der Waals surface area contributed by atoms with E-state index in [1.807, 2.05) is 30.5 Å². The van der Waals surface area contributed by atoms with Crippen LogP contribution in [0.25, 0.3) is 5.57 Å². The van der Waals surface area contributed by atoms with Gasteiger partial charge in [-0.25, -0.2) is 0 Å². The summed E-state index contributed by atoms with van der Waals surface area (Å²) in [4.78, 5) is 25.4. The van der Waals surface area contributed by atoms with Gasteiger partial charge in [-0.3, -0.25) is 14.9 Å². The van der Waals surface area contributed by atoms with Gasteiger partial charge in [0.05, 0.1) is 12.7 Å². The summed E-state index contributed by atoms with van der Waals surface area (Å²) in [6.45, 7) is 0. The standard InChI is InChI=1S/C18H16N2O3S/c1-23-13-7-3-11(4-8-13)15-16(18(22)20-17(15)21)19-12-5-9-14(24-2)10-6-12/h3-10H,1-2H3,(H2,19,20,21,22). The van der Waals surface area contributed by atoms with Gasteiger partial charge in [-0.05, 0) is 48.2 Å². The lowest BCUT2D eigenvalue weighted by Gasteiger charge is -2.09. The number of nitrogens with one attached hydrogen (secondary N) is 2. The van der Waals surface area contributed by atoms with E-state index in [0.717, 1.165) is 10.6 Å². The highest BCUT2D eigenvalue weighted by molar-refractivity contribution is 7.98. The van der Waals surface area contributed by atoms with Crippen LogP contribution in [-0.2, 0) is 9.59 Å². The van der Waals surface area contributed by atoms with Gasteiger partial charge in [0.25, 0.3) is 11.8 Å². The molecule has 1 aliphatic heterocycles. The number of hydrogen-bond donors (Lipinski definition) is 2. The number of benzene rings is 2. The minimum atomic E-state index is -0.431. The molecule has 0 aliphatic carbocycles. The number of methoxy groups -OCH3 is 1. The van der Waals surface area contributed by atoms with Gasteiger partial charge in [-0.1, -0.05) is 12.1 Å². The average molecular weight is 340 g/mol. The second-order valence-electron chi connectivity index (χ2n) is 5.12. The number of anilines is 1. The Morgan fingerprint density at radius 1 is 0.958 bits per heavy atom. The molecule has 5 nitrogen and oxygen atoms in total. The van der Waals surface area contributed by atoms with Crippen molar-refractivity contribution in [3.05, 3.63) is 59.8 Å². The molecule has 2 aromatic carbocycles. The third-order valence-corrected chi connectivity index (χ3v) is 4.41. The number of amides is 2.